The second-order valence-corrected chi connectivity index (χ2v) is 6.59. The number of para-hydroxylation sites is 1. The Bertz CT molecular complexity index is 829. The topological polar surface area (TPSA) is 62.7 Å². The molecular weight excluding hydrogens is 350 g/mol. The number of hydrogen-bond acceptors (Lipinski definition) is 5. The Morgan fingerprint density at radius 2 is 1.71 bits per heavy atom. The molecular formula is C23H27N3O2. The number of carbonyl (C=O) groups excluding carboxylic acids is 1. The van der Waals surface area contributed by atoms with E-state index in [1.165, 1.54) is 0 Å². The fourth-order valence-electron chi connectivity index (χ4n) is 3.19. The first-order valence-electron chi connectivity index (χ1n) is 9.87. The molecule has 0 saturated heterocycles. The Kier molecular flexibility index (Phi) is 7.24. The van der Waals surface area contributed by atoms with Crippen LogP contribution >= 0.6 is 0 Å². The van der Waals surface area contributed by atoms with Crippen LogP contribution in [0.2, 0.25) is 0 Å². The zero-order valence-corrected chi connectivity index (χ0v) is 16.3. The van der Waals surface area contributed by atoms with Gasteiger partial charge in [-0.1, -0.05) is 55.0 Å². The largest absolute Gasteiger partial charge is 0.462 e. The summed E-state index contributed by atoms with van der Waals surface area (Å²) in [6.45, 7) is 2.89. The molecule has 5 heteroatoms. The molecule has 0 aromatic heterocycles. The number of rotatable bonds is 7. The van der Waals surface area contributed by atoms with Crippen LogP contribution in [0.25, 0.3) is 5.70 Å². The summed E-state index contributed by atoms with van der Waals surface area (Å²) in [6, 6.07) is 19.6. The molecule has 0 atom stereocenters. The molecule has 2 aromatic carbocycles. The first-order valence-corrected chi connectivity index (χ1v) is 9.87. The highest BCUT2D eigenvalue weighted by Crippen LogP contribution is 2.23. The Hall–Kier alpha value is -3.08. The number of carbonyl (C=O) groups is 1. The lowest BCUT2D eigenvalue weighted by Gasteiger charge is -2.19. The molecule has 5 nitrogen and oxygen atoms in total. The summed E-state index contributed by atoms with van der Waals surface area (Å²) < 4.78 is 5.41. The van der Waals surface area contributed by atoms with Crippen LogP contribution in [0.15, 0.2) is 71.2 Å². The molecule has 1 heterocycles. The number of anilines is 1. The molecule has 1 aliphatic rings. The van der Waals surface area contributed by atoms with Crippen molar-refractivity contribution in [3.05, 3.63) is 71.8 Å². The van der Waals surface area contributed by atoms with E-state index in [2.05, 4.69) is 10.9 Å². The van der Waals surface area contributed by atoms with E-state index < -0.39 is 0 Å². The van der Waals surface area contributed by atoms with Gasteiger partial charge in [0.2, 0.25) is 0 Å². The molecule has 28 heavy (non-hydrogen) atoms. The van der Waals surface area contributed by atoms with Crippen LogP contribution in [-0.4, -0.2) is 24.8 Å². The Morgan fingerprint density at radius 1 is 1.00 bits per heavy atom. The molecule has 0 unspecified atom stereocenters. The second kappa shape index (κ2) is 10.3. The zero-order chi connectivity index (χ0) is 19.6. The van der Waals surface area contributed by atoms with Crippen molar-refractivity contribution in [2.75, 3.05) is 18.6 Å². The van der Waals surface area contributed by atoms with E-state index in [9.17, 15) is 4.79 Å². The van der Waals surface area contributed by atoms with Gasteiger partial charge in [0.05, 0.1) is 23.7 Å². The van der Waals surface area contributed by atoms with Crippen LogP contribution in [0.5, 0.6) is 0 Å². The number of hydrazine groups is 1. The normalized spacial score (nSPS) is 15.0. The highest BCUT2D eigenvalue weighted by Gasteiger charge is 2.24. The summed E-state index contributed by atoms with van der Waals surface area (Å²) in [5.74, 6) is -0.343. The minimum Gasteiger partial charge on any atom is -0.462 e. The third kappa shape index (κ3) is 5.22. The van der Waals surface area contributed by atoms with Gasteiger partial charge < -0.3 is 10.2 Å². The number of nitrogens with zero attached hydrogens (tertiary/aromatic N) is 1. The average molecular weight is 377 g/mol. The first kappa shape index (κ1) is 19.7. The van der Waals surface area contributed by atoms with Crippen molar-refractivity contribution >= 4 is 23.1 Å². The third-order valence-corrected chi connectivity index (χ3v) is 4.56. The minimum atomic E-state index is -0.343. The van der Waals surface area contributed by atoms with Crippen molar-refractivity contribution < 1.29 is 9.53 Å². The Morgan fingerprint density at radius 3 is 2.43 bits per heavy atom. The first-order chi connectivity index (χ1) is 13.8. The maximum absolute atomic E-state index is 13.0. The summed E-state index contributed by atoms with van der Waals surface area (Å²) in [7, 11) is 0. The summed E-state index contributed by atoms with van der Waals surface area (Å²) in [4.78, 5) is 17.7. The molecule has 2 aromatic rings. The quantitative estimate of drug-likeness (QED) is 0.421. The molecule has 0 fully saturated rings. The van der Waals surface area contributed by atoms with E-state index in [4.69, 9.17) is 9.73 Å². The van der Waals surface area contributed by atoms with E-state index in [1.807, 2.05) is 67.6 Å². The highest BCUT2D eigenvalue weighted by molar-refractivity contribution is 6.24. The van der Waals surface area contributed by atoms with Crippen LogP contribution in [0.3, 0.4) is 0 Å². The van der Waals surface area contributed by atoms with Crippen LogP contribution < -0.4 is 10.9 Å². The lowest BCUT2D eigenvalue weighted by atomic mass is 9.99. The highest BCUT2D eigenvalue weighted by atomic mass is 16.5. The van der Waals surface area contributed by atoms with Crippen LogP contribution in [0, 0.1) is 0 Å². The lowest BCUT2D eigenvalue weighted by molar-refractivity contribution is -0.137. The van der Waals surface area contributed by atoms with Crippen molar-refractivity contribution in [2.45, 2.75) is 32.6 Å². The standard InChI is InChI=1S/C23H27N3O2/c1-2-28-23(27)21(20-16-10-5-11-17-24-20)22(18-12-6-3-7-13-18)26-25-19-14-8-4-9-15-19/h3-4,6-9,12-15,25-26H,2,5,10-11,16-17H2,1H3/b22-21+. The minimum absolute atomic E-state index is 0.323. The number of ether oxygens (including phenoxy) is 1. The smallest absolute Gasteiger partial charge is 0.342 e. The van der Waals surface area contributed by atoms with Crippen LogP contribution in [0.4, 0.5) is 5.69 Å². The molecule has 0 bridgehead atoms. The van der Waals surface area contributed by atoms with Crippen molar-refractivity contribution in [3.63, 3.8) is 0 Å². The van der Waals surface area contributed by atoms with E-state index in [0.717, 1.165) is 49.2 Å². The number of aliphatic imine (C=N–C) groups is 1. The van der Waals surface area contributed by atoms with Gasteiger partial charge in [0, 0.05) is 12.1 Å². The SMILES string of the molecule is CCOC(=O)/C(C1=NCCCCC1)=C(/NNc1ccccc1)c1ccccc1. The van der Waals surface area contributed by atoms with Gasteiger partial charge in [0.15, 0.2) is 0 Å². The molecule has 0 saturated carbocycles. The fraction of sp³-hybridized carbons (Fsp3) is 0.304. The van der Waals surface area contributed by atoms with Crippen molar-refractivity contribution in [2.24, 2.45) is 4.99 Å². The van der Waals surface area contributed by atoms with Crippen molar-refractivity contribution in [1.82, 2.24) is 5.43 Å². The Balaban J connectivity index is 2.05. The second-order valence-electron chi connectivity index (χ2n) is 6.59. The third-order valence-electron chi connectivity index (χ3n) is 4.56. The summed E-state index contributed by atoms with van der Waals surface area (Å²) in [6.07, 6.45) is 3.98. The molecule has 3 rings (SSSR count). The van der Waals surface area contributed by atoms with E-state index in [0.29, 0.717) is 17.9 Å². The van der Waals surface area contributed by atoms with Gasteiger partial charge in [0.25, 0.3) is 0 Å². The molecule has 2 N–H and O–H groups in total. The maximum Gasteiger partial charge on any atom is 0.342 e. The molecule has 1 aliphatic heterocycles. The van der Waals surface area contributed by atoms with E-state index in [-0.39, 0.29) is 5.97 Å². The molecule has 0 amide bonds. The van der Waals surface area contributed by atoms with Gasteiger partial charge in [-0.15, -0.1) is 0 Å². The van der Waals surface area contributed by atoms with Gasteiger partial charge in [-0.2, -0.15) is 0 Å². The van der Waals surface area contributed by atoms with Gasteiger partial charge in [-0.3, -0.25) is 10.4 Å². The van der Waals surface area contributed by atoms with Gasteiger partial charge >= 0.3 is 5.97 Å². The summed E-state index contributed by atoms with van der Waals surface area (Å²) in [5, 5.41) is 0. The average Bonchev–Trinajstić information content (AvgIpc) is 3.02. The lowest BCUT2D eigenvalue weighted by Crippen LogP contribution is -2.27. The Labute approximate surface area is 166 Å². The van der Waals surface area contributed by atoms with Crippen molar-refractivity contribution in [3.8, 4) is 0 Å². The fourth-order valence-corrected chi connectivity index (χ4v) is 3.19. The van der Waals surface area contributed by atoms with Crippen LogP contribution in [-0.2, 0) is 9.53 Å². The predicted molar refractivity (Wildman–Crippen MR) is 114 cm³/mol. The van der Waals surface area contributed by atoms with Crippen LogP contribution in [0.1, 0.15) is 38.2 Å². The predicted octanol–water partition coefficient (Wildman–Crippen LogP) is 4.59. The summed E-state index contributed by atoms with van der Waals surface area (Å²) in [5.41, 5.74) is 10.3. The number of hydrogen-bond donors (Lipinski definition) is 2. The number of benzene rings is 2. The molecule has 146 valence electrons. The van der Waals surface area contributed by atoms with Gasteiger partial charge in [-0.05, 0) is 38.3 Å². The zero-order valence-electron chi connectivity index (χ0n) is 16.3. The number of nitrogens with one attached hydrogen (secondary N) is 2. The summed E-state index contributed by atoms with van der Waals surface area (Å²) >= 11 is 0. The van der Waals surface area contributed by atoms with Gasteiger partial charge in [-0.25, -0.2) is 4.79 Å². The number of esters is 1. The molecule has 0 aliphatic carbocycles. The van der Waals surface area contributed by atoms with Gasteiger partial charge in [0.1, 0.15) is 5.57 Å². The van der Waals surface area contributed by atoms with Crippen molar-refractivity contribution in [1.29, 1.82) is 0 Å². The van der Waals surface area contributed by atoms with E-state index in [1.54, 1.807) is 0 Å². The van der Waals surface area contributed by atoms with E-state index >= 15 is 0 Å². The monoisotopic (exact) mass is 377 g/mol. The molecule has 0 radical (unpaired) electrons. The maximum atomic E-state index is 13.0. The molecule has 0 spiro atoms.